The van der Waals surface area contributed by atoms with E-state index in [1.165, 1.54) is 5.56 Å². The zero-order valence-electron chi connectivity index (χ0n) is 16.7. The number of aryl methyl sites for hydroxylation is 2. The number of aromatic nitrogens is 2. The standard InChI is InChI=1S/C20H26N2O6S2/c23-29(24,25)15-5-13-21-11-2-1-9-19(21)17-7-3-10-20-18(17)8-4-12-22(20)14-6-16-30(26,27)28/h1-2,4,8-9,11-12,17H,3,5-7,10,13-16H2/p+1. The lowest BCUT2D eigenvalue weighted by Crippen LogP contribution is -2.44. The quantitative estimate of drug-likeness (QED) is 0.444. The fraction of sp³-hybridized carbons (Fsp3) is 0.500. The average Bonchev–Trinajstić information content (AvgIpc) is 2.66. The number of hydrogen-bond donors (Lipinski definition) is 1. The number of rotatable bonds is 9. The summed E-state index contributed by atoms with van der Waals surface area (Å²) in [6.45, 7) is 0.955. The van der Waals surface area contributed by atoms with Gasteiger partial charge in [0.15, 0.2) is 23.8 Å². The molecule has 2 aromatic rings. The summed E-state index contributed by atoms with van der Waals surface area (Å²) in [6.07, 6.45) is 7.25. The number of pyridine rings is 2. The third kappa shape index (κ3) is 6.31. The van der Waals surface area contributed by atoms with Gasteiger partial charge in [0.25, 0.3) is 10.1 Å². The van der Waals surface area contributed by atoms with Gasteiger partial charge >= 0.3 is 0 Å². The van der Waals surface area contributed by atoms with Crippen LogP contribution in [-0.4, -0.2) is 37.4 Å². The van der Waals surface area contributed by atoms with Crippen LogP contribution in [0.25, 0.3) is 0 Å². The van der Waals surface area contributed by atoms with Crippen LogP contribution in [0.1, 0.15) is 48.6 Å². The van der Waals surface area contributed by atoms with Crippen molar-refractivity contribution in [1.82, 2.24) is 0 Å². The third-order valence-electron chi connectivity index (χ3n) is 5.43. The van der Waals surface area contributed by atoms with E-state index in [1.54, 1.807) is 0 Å². The van der Waals surface area contributed by atoms with Gasteiger partial charge in [-0.3, -0.25) is 4.55 Å². The van der Waals surface area contributed by atoms with Crippen molar-refractivity contribution >= 4 is 20.2 Å². The maximum Gasteiger partial charge on any atom is 0.265 e. The first kappa shape index (κ1) is 22.8. The van der Waals surface area contributed by atoms with Crippen LogP contribution in [0.3, 0.4) is 0 Å². The molecule has 0 aliphatic heterocycles. The zero-order valence-corrected chi connectivity index (χ0v) is 18.3. The SMILES string of the molecule is O=S(=O)([O-])CCC[n+]1ccccc1C1CCCc2c1ccc[n+]2CCCS(=O)(=O)O. The molecule has 0 aromatic carbocycles. The summed E-state index contributed by atoms with van der Waals surface area (Å²) < 4.78 is 67.9. The van der Waals surface area contributed by atoms with Gasteiger partial charge in [0, 0.05) is 48.8 Å². The predicted molar refractivity (Wildman–Crippen MR) is 108 cm³/mol. The van der Waals surface area contributed by atoms with E-state index < -0.39 is 20.2 Å². The van der Waals surface area contributed by atoms with Gasteiger partial charge in [-0.25, -0.2) is 17.6 Å². The first-order chi connectivity index (χ1) is 14.1. The van der Waals surface area contributed by atoms with Crippen LogP contribution in [0.15, 0.2) is 42.7 Å². The number of fused-ring (bicyclic) bond motifs is 1. The molecule has 1 aliphatic rings. The lowest BCUT2D eigenvalue weighted by atomic mass is 9.82. The minimum atomic E-state index is -4.23. The Hall–Kier alpha value is -1.88. The summed E-state index contributed by atoms with van der Waals surface area (Å²) in [5, 5.41) is 0. The summed E-state index contributed by atoms with van der Waals surface area (Å²) in [4.78, 5) is 0. The molecule has 8 nitrogen and oxygen atoms in total. The second-order valence-electron chi connectivity index (χ2n) is 7.62. The molecule has 3 rings (SSSR count). The van der Waals surface area contributed by atoms with E-state index in [-0.39, 0.29) is 23.8 Å². The van der Waals surface area contributed by atoms with Gasteiger partial charge in [-0.15, -0.1) is 0 Å². The molecule has 1 unspecified atom stereocenters. The highest BCUT2D eigenvalue weighted by Crippen LogP contribution is 2.33. The molecule has 0 radical (unpaired) electrons. The van der Waals surface area contributed by atoms with E-state index in [0.29, 0.717) is 19.5 Å². The van der Waals surface area contributed by atoms with Gasteiger partial charge in [0.2, 0.25) is 0 Å². The van der Waals surface area contributed by atoms with Crippen LogP contribution >= 0.6 is 0 Å². The van der Waals surface area contributed by atoms with Gasteiger partial charge < -0.3 is 4.55 Å². The molecule has 1 atom stereocenters. The Morgan fingerprint density at radius 3 is 2.40 bits per heavy atom. The normalized spacial score (nSPS) is 16.9. The number of hydrogen-bond acceptors (Lipinski definition) is 5. The van der Waals surface area contributed by atoms with Crippen molar-refractivity contribution in [3.8, 4) is 0 Å². The van der Waals surface area contributed by atoms with Crippen molar-refractivity contribution in [1.29, 1.82) is 0 Å². The lowest BCUT2D eigenvalue weighted by molar-refractivity contribution is -0.708. The van der Waals surface area contributed by atoms with E-state index >= 15 is 0 Å². The fourth-order valence-electron chi connectivity index (χ4n) is 4.19. The molecular formula is C20H27N2O6S2+. The molecule has 164 valence electrons. The van der Waals surface area contributed by atoms with Gasteiger partial charge in [0.1, 0.15) is 13.1 Å². The third-order valence-corrected chi connectivity index (χ3v) is 7.02. The number of nitrogens with zero attached hydrogens (tertiary/aromatic N) is 2. The average molecular weight is 456 g/mol. The van der Waals surface area contributed by atoms with Gasteiger partial charge in [0.05, 0.1) is 21.8 Å². The first-order valence-corrected chi connectivity index (χ1v) is 13.2. The summed E-state index contributed by atoms with van der Waals surface area (Å²) >= 11 is 0. The largest absolute Gasteiger partial charge is 0.748 e. The minimum Gasteiger partial charge on any atom is -0.748 e. The van der Waals surface area contributed by atoms with E-state index in [4.69, 9.17) is 4.55 Å². The Morgan fingerprint density at radius 2 is 1.67 bits per heavy atom. The summed E-state index contributed by atoms with van der Waals surface area (Å²) in [5.41, 5.74) is 3.39. The van der Waals surface area contributed by atoms with Gasteiger partial charge in [-0.1, -0.05) is 6.07 Å². The zero-order chi connectivity index (χ0) is 21.8. The second-order valence-corrected chi connectivity index (χ2v) is 10.7. The lowest BCUT2D eigenvalue weighted by Gasteiger charge is -2.22. The molecule has 1 aliphatic carbocycles. The van der Waals surface area contributed by atoms with E-state index in [2.05, 4.69) is 10.6 Å². The van der Waals surface area contributed by atoms with Crippen LogP contribution in [0.4, 0.5) is 0 Å². The molecule has 2 aromatic heterocycles. The highest BCUT2D eigenvalue weighted by Gasteiger charge is 2.33. The smallest absolute Gasteiger partial charge is 0.265 e. The van der Waals surface area contributed by atoms with Crippen molar-refractivity contribution in [3.05, 3.63) is 59.7 Å². The molecule has 2 heterocycles. The predicted octanol–water partition coefficient (Wildman–Crippen LogP) is 0.943. The summed E-state index contributed by atoms with van der Waals surface area (Å²) in [6, 6.07) is 9.90. The molecule has 0 fully saturated rings. The van der Waals surface area contributed by atoms with Crippen molar-refractivity contribution in [2.24, 2.45) is 0 Å². The van der Waals surface area contributed by atoms with Crippen LogP contribution in [-0.2, 0) is 39.7 Å². The molecule has 0 amide bonds. The van der Waals surface area contributed by atoms with Crippen LogP contribution < -0.4 is 9.13 Å². The molecule has 0 spiro atoms. The maximum absolute atomic E-state index is 11.0. The van der Waals surface area contributed by atoms with Crippen LogP contribution in [0.2, 0.25) is 0 Å². The fourth-order valence-corrected chi connectivity index (χ4v) is 5.17. The summed E-state index contributed by atoms with van der Waals surface area (Å²) in [5.74, 6) is -0.523. The topological polar surface area (TPSA) is 119 Å². The Morgan fingerprint density at radius 1 is 0.967 bits per heavy atom. The molecular weight excluding hydrogens is 428 g/mol. The molecule has 0 saturated carbocycles. The van der Waals surface area contributed by atoms with E-state index in [9.17, 15) is 21.4 Å². The monoisotopic (exact) mass is 455 g/mol. The van der Waals surface area contributed by atoms with Crippen LogP contribution in [0.5, 0.6) is 0 Å². The molecule has 30 heavy (non-hydrogen) atoms. The molecule has 0 saturated heterocycles. The molecule has 10 heteroatoms. The van der Waals surface area contributed by atoms with E-state index in [0.717, 1.165) is 30.7 Å². The molecule has 0 bridgehead atoms. The van der Waals surface area contributed by atoms with Crippen molar-refractivity contribution in [2.45, 2.75) is 51.1 Å². The second kappa shape index (κ2) is 9.51. The summed E-state index contributed by atoms with van der Waals surface area (Å²) in [7, 11) is -8.21. The Kier molecular flexibility index (Phi) is 7.22. The van der Waals surface area contributed by atoms with Gasteiger partial charge in [-0.05, 0) is 18.9 Å². The minimum absolute atomic E-state index is 0.132. The van der Waals surface area contributed by atoms with Crippen LogP contribution in [0, 0.1) is 0 Å². The van der Waals surface area contributed by atoms with Crippen molar-refractivity contribution < 1.29 is 35.1 Å². The van der Waals surface area contributed by atoms with E-state index in [1.807, 2.05) is 41.2 Å². The first-order valence-electron chi connectivity index (χ1n) is 10.0. The van der Waals surface area contributed by atoms with Crippen molar-refractivity contribution in [2.75, 3.05) is 11.5 Å². The highest BCUT2D eigenvalue weighted by atomic mass is 32.2. The van der Waals surface area contributed by atoms with Crippen molar-refractivity contribution in [3.63, 3.8) is 0 Å². The highest BCUT2D eigenvalue weighted by molar-refractivity contribution is 7.85. The molecule has 1 N–H and O–H groups in total. The Labute approximate surface area is 177 Å². The Balaban J connectivity index is 1.84. The van der Waals surface area contributed by atoms with Gasteiger partial charge in [-0.2, -0.15) is 8.42 Å². The Bertz CT molecular complexity index is 1100. The maximum atomic E-state index is 11.0.